The smallest absolute Gasteiger partial charge is 0.357 e. The second-order valence-electron chi connectivity index (χ2n) is 5.40. The molecule has 0 spiro atoms. The minimum atomic E-state index is -4.33. The number of nitrogens with zero attached hydrogens (tertiary/aromatic N) is 1. The highest BCUT2D eigenvalue weighted by atomic mass is 19.4. The molecule has 2 rings (SSSR count). The SMILES string of the molecule is CCCNCc1cccc(F)c1N(CC(F)(F)F)C1CC1. The molecule has 0 aliphatic heterocycles. The molecule has 0 aromatic heterocycles. The summed E-state index contributed by atoms with van der Waals surface area (Å²) in [5.41, 5.74) is 0.681. The van der Waals surface area contributed by atoms with Crippen LogP contribution in [0.3, 0.4) is 0 Å². The van der Waals surface area contributed by atoms with Crippen LogP contribution in [-0.4, -0.2) is 25.3 Å². The van der Waals surface area contributed by atoms with Crippen LogP contribution in [0.15, 0.2) is 18.2 Å². The summed E-state index contributed by atoms with van der Waals surface area (Å²) in [6.07, 6.45) is -2.04. The van der Waals surface area contributed by atoms with Gasteiger partial charge in [0.05, 0.1) is 5.69 Å². The minimum Gasteiger partial charge on any atom is -0.357 e. The van der Waals surface area contributed by atoms with Crippen molar-refractivity contribution in [3.05, 3.63) is 29.6 Å². The number of hydrogen-bond donors (Lipinski definition) is 1. The van der Waals surface area contributed by atoms with Gasteiger partial charge in [0.1, 0.15) is 12.4 Å². The van der Waals surface area contributed by atoms with Crippen molar-refractivity contribution < 1.29 is 17.6 Å². The van der Waals surface area contributed by atoms with Crippen LogP contribution in [0.25, 0.3) is 0 Å². The van der Waals surface area contributed by atoms with Crippen molar-refractivity contribution in [2.75, 3.05) is 18.0 Å². The molecule has 0 heterocycles. The first-order valence-electron chi connectivity index (χ1n) is 7.24. The molecular weight excluding hydrogens is 284 g/mol. The molecule has 1 N–H and O–H groups in total. The van der Waals surface area contributed by atoms with Gasteiger partial charge in [-0.15, -0.1) is 0 Å². The highest BCUT2D eigenvalue weighted by molar-refractivity contribution is 5.56. The Labute approximate surface area is 122 Å². The number of alkyl halides is 3. The van der Waals surface area contributed by atoms with E-state index >= 15 is 0 Å². The topological polar surface area (TPSA) is 15.3 Å². The summed E-state index contributed by atoms with van der Waals surface area (Å²) in [6, 6.07) is 4.26. The van der Waals surface area contributed by atoms with Gasteiger partial charge < -0.3 is 10.2 Å². The summed E-state index contributed by atoms with van der Waals surface area (Å²) in [5, 5.41) is 3.12. The average molecular weight is 304 g/mol. The molecule has 1 aliphatic carbocycles. The summed E-state index contributed by atoms with van der Waals surface area (Å²) < 4.78 is 52.4. The molecule has 1 aliphatic rings. The Bertz CT molecular complexity index is 469. The van der Waals surface area contributed by atoms with E-state index in [2.05, 4.69) is 5.32 Å². The summed E-state index contributed by atoms with van der Waals surface area (Å²) >= 11 is 0. The Morgan fingerprint density at radius 3 is 2.57 bits per heavy atom. The second-order valence-corrected chi connectivity index (χ2v) is 5.40. The van der Waals surface area contributed by atoms with E-state index in [0.29, 0.717) is 24.9 Å². The summed E-state index contributed by atoms with van der Waals surface area (Å²) in [4.78, 5) is 1.18. The van der Waals surface area contributed by atoms with Gasteiger partial charge in [-0.25, -0.2) is 4.39 Å². The first-order valence-corrected chi connectivity index (χ1v) is 7.24. The molecule has 2 nitrogen and oxygen atoms in total. The van der Waals surface area contributed by atoms with Crippen molar-refractivity contribution in [3.8, 4) is 0 Å². The molecule has 1 aromatic carbocycles. The van der Waals surface area contributed by atoms with E-state index in [4.69, 9.17) is 0 Å². The summed E-state index contributed by atoms with van der Waals surface area (Å²) in [6.45, 7) is 2.03. The van der Waals surface area contributed by atoms with Crippen LogP contribution < -0.4 is 10.2 Å². The van der Waals surface area contributed by atoms with E-state index in [0.717, 1.165) is 13.0 Å². The Balaban J connectivity index is 2.25. The van der Waals surface area contributed by atoms with Crippen molar-refractivity contribution in [2.45, 2.75) is 44.9 Å². The Kier molecular flexibility index (Phi) is 5.08. The van der Waals surface area contributed by atoms with Gasteiger partial charge in [-0.2, -0.15) is 13.2 Å². The molecule has 1 saturated carbocycles. The van der Waals surface area contributed by atoms with Gasteiger partial charge in [-0.05, 0) is 37.4 Å². The number of benzene rings is 1. The predicted octanol–water partition coefficient (Wildman–Crippen LogP) is 3.86. The molecule has 21 heavy (non-hydrogen) atoms. The summed E-state index contributed by atoms with van der Waals surface area (Å²) in [7, 11) is 0. The molecule has 0 radical (unpaired) electrons. The van der Waals surface area contributed by atoms with Gasteiger partial charge in [-0.3, -0.25) is 0 Å². The fraction of sp³-hybridized carbons (Fsp3) is 0.600. The van der Waals surface area contributed by atoms with E-state index in [9.17, 15) is 17.6 Å². The zero-order chi connectivity index (χ0) is 15.5. The van der Waals surface area contributed by atoms with Gasteiger partial charge in [0.15, 0.2) is 0 Å². The lowest BCUT2D eigenvalue weighted by molar-refractivity contribution is -0.120. The van der Waals surface area contributed by atoms with Gasteiger partial charge >= 0.3 is 6.18 Å². The lowest BCUT2D eigenvalue weighted by Gasteiger charge is -2.28. The maximum absolute atomic E-state index is 14.1. The van der Waals surface area contributed by atoms with Crippen LogP contribution in [0.4, 0.5) is 23.2 Å². The van der Waals surface area contributed by atoms with Crippen molar-refractivity contribution in [1.29, 1.82) is 0 Å². The Morgan fingerprint density at radius 2 is 2.00 bits per heavy atom. The van der Waals surface area contributed by atoms with Gasteiger partial charge in [0.25, 0.3) is 0 Å². The highest BCUT2D eigenvalue weighted by Crippen LogP contribution is 2.37. The van der Waals surface area contributed by atoms with Gasteiger partial charge in [-0.1, -0.05) is 19.1 Å². The standard InChI is InChI=1S/C15H20F4N2/c1-2-8-20-9-11-4-3-5-13(16)14(11)21(12-6-7-12)10-15(17,18)19/h3-5,12,20H,2,6-10H2,1H3. The van der Waals surface area contributed by atoms with E-state index < -0.39 is 18.5 Å². The fourth-order valence-corrected chi connectivity index (χ4v) is 2.39. The molecule has 0 bridgehead atoms. The minimum absolute atomic E-state index is 0.0981. The zero-order valence-corrected chi connectivity index (χ0v) is 12.0. The lowest BCUT2D eigenvalue weighted by atomic mass is 10.1. The maximum atomic E-state index is 14.1. The molecule has 1 aromatic rings. The van der Waals surface area contributed by atoms with Crippen molar-refractivity contribution in [2.24, 2.45) is 0 Å². The first-order chi connectivity index (χ1) is 9.92. The average Bonchev–Trinajstić information content (AvgIpc) is 3.20. The zero-order valence-electron chi connectivity index (χ0n) is 12.0. The molecule has 0 unspecified atom stereocenters. The molecule has 6 heteroatoms. The predicted molar refractivity (Wildman–Crippen MR) is 74.8 cm³/mol. The van der Waals surface area contributed by atoms with Crippen LogP contribution >= 0.6 is 0 Å². The number of para-hydroxylation sites is 1. The quantitative estimate of drug-likeness (QED) is 0.608. The lowest BCUT2D eigenvalue weighted by Crippen LogP contribution is -2.37. The third-order valence-corrected chi connectivity index (χ3v) is 3.44. The van der Waals surface area contributed by atoms with E-state index in [-0.39, 0.29) is 11.7 Å². The van der Waals surface area contributed by atoms with E-state index in [1.807, 2.05) is 6.92 Å². The van der Waals surface area contributed by atoms with Gasteiger partial charge in [0.2, 0.25) is 0 Å². The van der Waals surface area contributed by atoms with Crippen LogP contribution in [0.2, 0.25) is 0 Å². The number of hydrogen-bond acceptors (Lipinski definition) is 2. The van der Waals surface area contributed by atoms with Crippen molar-refractivity contribution in [1.82, 2.24) is 5.32 Å². The van der Waals surface area contributed by atoms with E-state index in [1.54, 1.807) is 12.1 Å². The number of anilines is 1. The van der Waals surface area contributed by atoms with Gasteiger partial charge in [0, 0.05) is 12.6 Å². The molecule has 0 amide bonds. The van der Waals surface area contributed by atoms with Crippen LogP contribution in [-0.2, 0) is 6.54 Å². The number of nitrogens with one attached hydrogen (secondary N) is 1. The van der Waals surface area contributed by atoms with Crippen LogP contribution in [0.5, 0.6) is 0 Å². The monoisotopic (exact) mass is 304 g/mol. The molecule has 118 valence electrons. The van der Waals surface area contributed by atoms with Crippen molar-refractivity contribution >= 4 is 5.69 Å². The van der Waals surface area contributed by atoms with E-state index in [1.165, 1.54) is 11.0 Å². The number of halogens is 4. The largest absolute Gasteiger partial charge is 0.405 e. The molecule has 1 fully saturated rings. The second kappa shape index (κ2) is 6.64. The Hall–Kier alpha value is -1.30. The molecule has 0 atom stereocenters. The number of rotatable bonds is 7. The van der Waals surface area contributed by atoms with Crippen LogP contribution in [0.1, 0.15) is 31.7 Å². The first kappa shape index (κ1) is 16.1. The normalized spacial score (nSPS) is 15.3. The van der Waals surface area contributed by atoms with Crippen molar-refractivity contribution in [3.63, 3.8) is 0 Å². The summed E-state index contributed by atoms with van der Waals surface area (Å²) in [5.74, 6) is -0.582. The molecular formula is C15H20F4N2. The maximum Gasteiger partial charge on any atom is 0.405 e. The third-order valence-electron chi connectivity index (χ3n) is 3.44. The third kappa shape index (κ3) is 4.59. The fourth-order valence-electron chi connectivity index (χ4n) is 2.39. The highest BCUT2D eigenvalue weighted by Gasteiger charge is 2.39. The molecule has 0 saturated heterocycles. The van der Waals surface area contributed by atoms with Crippen LogP contribution in [0, 0.1) is 5.82 Å². The Morgan fingerprint density at radius 1 is 1.29 bits per heavy atom.